The number of amides is 1. The summed E-state index contributed by atoms with van der Waals surface area (Å²) >= 11 is 0. The van der Waals surface area contributed by atoms with Gasteiger partial charge in [0.05, 0.1) is 22.7 Å². The molecular weight excluding hydrogens is 280 g/mol. The van der Waals surface area contributed by atoms with E-state index in [1.165, 1.54) is 0 Å². The van der Waals surface area contributed by atoms with Crippen molar-refractivity contribution in [2.45, 2.75) is 38.2 Å². The maximum absolute atomic E-state index is 12.9. The number of hydrogen-bond acceptors (Lipinski definition) is 4. The Morgan fingerprint density at radius 3 is 2.77 bits per heavy atom. The van der Waals surface area contributed by atoms with Crippen LogP contribution in [-0.4, -0.2) is 49.9 Å². The van der Waals surface area contributed by atoms with Gasteiger partial charge in [0.15, 0.2) is 5.65 Å². The Balaban J connectivity index is 1.85. The average molecular weight is 300 g/mol. The number of β-amino-alcohol motifs (C(OH)–C–C–N with tert-alkyl or cyclic N) is 1. The fraction of sp³-hybridized carbons (Fsp3) is 0.562. The molecule has 3 heterocycles. The Morgan fingerprint density at radius 2 is 2.14 bits per heavy atom. The van der Waals surface area contributed by atoms with E-state index < -0.39 is 6.10 Å². The Hall–Kier alpha value is -1.95. The number of aliphatic hydroxyl groups excluding tert-OH is 1. The van der Waals surface area contributed by atoms with Crippen molar-refractivity contribution in [3.8, 4) is 0 Å². The SMILES string of the molecule is Cc1nn(C)c2nc(C3CC3)cc(C(=O)N3CC[C@@H](O)C3)c12. The van der Waals surface area contributed by atoms with Gasteiger partial charge in [-0.25, -0.2) is 4.98 Å². The van der Waals surface area contributed by atoms with E-state index in [1.807, 2.05) is 20.0 Å². The minimum atomic E-state index is -0.404. The number of hydrogen-bond donors (Lipinski definition) is 1. The van der Waals surface area contributed by atoms with E-state index in [1.54, 1.807) is 9.58 Å². The molecule has 1 N–H and O–H groups in total. The van der Waals surface area contributed by atoms with Crippen molar-refractivity contribution in [2.24, 2.45) is 7.05 Å². The van der Waals surface area contributed by atoms with Crippen molar-refractivity contribution in [1.29, 1.82) is 0 Å². The molecule has 2 fully saturated rings. The lowest BCUT2D eigenvalue weighted by Crippen LogP contribution is -2.30. The summed E-state index contributed by atoms with van der Waals surface area (Å²) in [5.41, 5.74) is 3.30. The smallest absolute Gasteiger partial charge is 0.254 e. The predicted molar refractivity (Wildman–Crippen MR) is 81.7 cm³/mol. The van der Waals surface area contributed by atoms with Gasteiger partial charge in [0, 0.05) is 31.7 Å². The first-order chi connectivity index (χ1) is 10.5. The molecule has 1 amide bonds. The van der Waals surface area contributed by atoms with Gasteiger partial charge in [-0.1, -0.05) is 0 Å². The molecule has 116 valence electrons. The van der Waals surface area contributed by atoms with Crippen molar-refractivity contribution in [1.82, 2.24) is 19.7 Å². The van der Waals surface area contributed by atoms with Crippen LogP contribution >= 0.6 is 0 Å². The van der Waals surface area contributed by atoms with Gasteiger partial charge in [0.25, 0.3) is 5.91 Å². The summed E-state index contributed by atoms with van der Waals surface area (Å²) in [6, 6.07) is 1.95. The molecule has 1 saturated carbocycles. The number of carbonyl (C=O) groups excluding carboxylic acids is 1. The summed E-state index contributed by atoms with van der Waals surface area (Å²) in [4.78, 5) is 19.4. The highest BCUT2D eigenvalue weighted by molar-refractivity contribution is 6.06. The van der Waals surface area contributed by atoms with Gasteiger partial charge >= 0.3 is 0 Å². The molecule has 2 aliphatic rings. The number of aliphatic hydroxyl groups is 1. The lowest BCUT2D eigenvalue weighted by atomic mass is 10.1. The van der Waals surface area contributed by atoms with E-state index in [9.17, 15) is 9.90 Å². The van der Waals surface area contributed by atoms with Crippen LogP contribution in [0, 0.1) is 6.92 Å². The van der Waals surface area contributed by atoms with Gasteiger partial charge in [-0.05, 0) is 32.3 Å². The van der Waals surface area contributed by atoms with E-state index in [0.29, 0.717) is 31.0 Å². The zero-order valence-corrected chi connectivity index (χ0v) is 12.9. The van der Waals surface area contributed by atoms with Gasteiger partial charge in [-0.2, -0.15) is 5.10 Å². The number of likely N-dealkylation sites (tertiary alicyclic amines) is 1. The molecule has 0 bridgehead atoms. The van der Waals surface area contributed by atoms with Crippen molar-refractivity contribution in [3.63, 3.8) is 0 Å². The van der Waals surface area contributed by atoms with Crippen molar-refractivity contribution in [3.05, 3.63) is 23.0 Å². The number of fused-ring (bicyclic) bond motifs is 1. The second kappa shape index (κ2) is 4.78. The first kappa shape index (κ1) is 13.7. The summed E-state index contributed by atoms with van der Waals surface area (Å²) in [6.45, 7) is 2.94. The zero-order chi connectivity index (χ0) is 15.4. The lowest BCUT2D eigenvalue weighted by molar-refractivity contribution is 0.0766. The fourth-order valence-corrected chi connectivity index (χ4v) is 3.32. The normalized spacial score (nSPS) is 21.8. The van der Waals surface area contributed by atoms with Crippen LogP contribution in [0.5, 0.6) is 0 Å². The third-order valence-corrected chi connectivity index (χ3v) is 4.67. The van der Waals surface area contributed by atoms with Crippen molar-refractivity contribution < 1.29 is 9.90 Å². The summed E-state index contributed by atoms with van der Waals surface area (Å²) in [5, 5.41) is 15.0. The first-order valence-corrected chi connectivity index (χ1v) is 7.86. The summed E-state index contributed by atoms with van der Waals surface area (Å²) in [5.74, 6) is 0.470. The maximum atomic E-state index is 12.9. The van der Waals surface area contributed by atoms with Gasteiger partial charge < -0.3 is 10.0 Å². The molecule has 0 unspecified atom stereocenters. The van der Waals surface area contributed by atoms with Crippen LogP contribution in [0.25, 0.3) is 11.0 Å². The molecule has 1 aliphatic heterocycles. The fourth-order valence-electron chi connectivity index (χ4n) is 3.32. The molecule has 1 atom stereocenters. The van der Waals surface area contributed by atoms with Gasteiger partial charge in [-0.15, -0.1) is 0 Å². The molecule has 1 saturated heterocycles. The summed E-state index contributed by atoms with van der Waals surface area (Å²) < 4.78 is 1.76. The molecule has 6 nitrogen and oxygen atoms in total. The Bertz CT molecular complexity index is 763. The molecule has 22 heavy (non-hydrogen) atoms. The van der Waals surface area contributed by atoms with E-state index in [4.69, 9.17) is 4.98 Å². The number of carbonyl (C=O) groups is 1. The van der Waals surface area contributed by atoms with Crippen LogP contribution in [0.15, 0.2) is 6.07 Å². The number of aromatic nitrogens is 3. The molecule has 0 radical (unpaired) electrons. The highest BCUT2D eigenvalue weighted by Crippen LogP contribution is 2.40. The van der Waals surface area contributed by atoms with Gasteiger partial charge in [0.1, 0.15) is 0 Å². The van der Waals surface area contributed by atoms with Gasteiger partial charge in [-0.3, -0.25) is 9.48 Å². The Labute approximate surface area is 128 Å². The third-order valence-electron chi connectivity index (χ3n) is 4.67. The first-order valence-electron chi connectivity index (χ1n) is 7.86. The maximum Gasteiger partial charge on any atom is 0.254 e. The van der Waals surface area contributed by atoms with E-state index in [2.05, 4.69) is 5.10 Å². The van der Waals surface area contributed by atoms with Gasteiger partial charge in [0.2, 0.25) is 0 Å². The largest absolute Gasteiger partial charge is 0.391 e. The molecular formula is C16H20N4O2. The average Bonchev–Trinajstić information content (AvgIpc) is 3.20. The van der Waals surface area contributed by atoms with Crippen LogP contribution < -0.4 is 0 Å². The Kier molecular flexibility index (Phi) is 2.97. The number of nitrogens with zero attached hydrogens (tertiary/aromatic N) is 4. The summed E-state index contributed by atoms with van der Waals surface area (Å²) in [6.07, 6.45) is 2.54. The van der Waals surface area contributed by atoms with Crippen LogP contribution in [0.4, 0.5) is 0 Å². The number of rotatable bonds is 2. The predicted octanol–water partition coefficient (Wildman–Crippen LogP) is 1.36. The van der Waals surface area contributed by atoms with E-state index in [0.717, 1.165) is 35.3 Å². The minimum absolute atomic E-state index is 0.0121. The number of aryl methyl sites for hydroxylation is 2. The van der Waals surface area contributed by atoms with Crippen molar-refractivity contribution >= 4 is 16.9 Å². The molecule has 0 spiro atoms. The molecule has 1 aliphatic carbocycles. The second-order valence-electron chi connectivity index (χ2n) is 6.47. The van der Waals surface area contributed by atoms with Crippen LogP contribution in [0.2, 0.25) is 0 Å². The third kappa shape index (κ3) is 2.09. The quantitative estimate of drug-likeness (QED) is 0.909. The molecule has 2 aromatic rings. The van der Waals surface area contributed by atoms with Crippen LogP contribution in [0.1, 0.15) is 46.9 Å². The zero-order valence-electron chi connectivity index (χ0n) is 12.9. The van der Waals surface area contributed by atoms with Crippen LogP contribution in [-0.2, 0) is 7.05 Å². The number of pyridine rings is 1. The van der Waals surface area contributed by atoms with Crippen LogP contribution in [0.3, 0.4) is 0 Å². The molecule has 4 rings (SSSR count). The van der Waals surface area contributed by atoms with E-state index in [-0.39, 0.29) is 5.91 Å². The van der Waals surface area contributed by atoms with Crippen molar-refractivity contribution in [2.75, 3.05) is 13.1 Å². The Morgan fingerprint density at radius 1 is 1.36 bits per heavy atom. The molecule has 6 heteroatoms. The highest BCUT2D eigenvalue weighted by Gasteiger charge is 2.31. The topological polar surface area (TPSA) is 71.2 Å². The standard InChI is InChI=1S/C16H20N4O2/c1-9-14-12(16(22)20-6-5-11(21)8-20)7-13(10-3-4-10)17-15(14)19(2)18-9/h7,10-11,21H,3-6,8H2,1-2H3/t11-/m1/s1. The molecule has 2 aromatic heterocycles. The van der Waals surface area contributed by atoms with E-state index >= 15 is 0 Å². The monoisotopic (exact) mass is 300 g/mol. The summed E-state index contributed by atoms with van der Waals surface area (Å²) in [7, 11) is 1.87. The highest BCUT2D eigenvalue weighted by atomic mass is 16.3. The minimum Gasteiger partial charge on any atom is -0.391 e. The second-order valence-corrected chi connectivity index (χ2v) is 6.47. The molecule has 0 aromatic carbocycles. The lowest BCUT2D eigenvalue weighted by Gasteiger charge is -2.17.